The van der Waals surface area contributed by atoms with Crippen molar-refractivity contribution < 1.29 is 28.5 Å². The second-order valence-corrected chi connectivity index (χ2v) is 15.6. The molecule has 1 amide bonds. The lowest BCUT2D eigenvalue weighted by Gasteiger charge is -2.45. The zero-order chi connectivity index (χ0) is 37.7. The molecule has 3 N–H and O–H groups in total. The largest absolute Gasteiger partial charge is 0.464 e. The molecule has 0 bridgehead atoms. The van der Waals surface area contributed by atoms with Gasteiger partial charge in [0, 0.05) is 77.8 Å². The Bertz CT molecular complexity index is 1690. The molecule has 0 aliphatic carbocycles. The number of carbonyl (C=O) groups is 2. The number of rotatable bonds is 18. The van der Waals surface area contributed by atoms with Gasteiger partial charge >= 0.3 is 5.97 Å². The molecule has 2 heterocycles. The molecule has 0 saturated carbocycles. The quantitative estimate of drug-likeness (QED) is 0.0927. The second-order valence-electron chi connectivity index (χ2n) is 15.6. The van der Waals surface area contributed by atoms with Crippen LogP contribution < -0.4 is 20.7 Å². The molecule has 10 heteroatoms. The maximum Gasteiger partial charge on any atom is 0.319 e. The predicted molar refractivity (Wildman–Crippen MR) is 207 cm³/mol. The molecule has 0 aromatic heterocycles. The smallest absolute Gasteiger partial charge is 0.319 e. The molecule has 282 valence electrons. The third-order valence-electron chi connectivity index (χ3n) is 9.73. The Hall–Kier alpha value is -4.12. The SMILES string of the molecule is CCNc1cc2c(cc1C)C1(c3cc(C)c(NCC)cc3O2)c2ccccc2C(=O)N1CCCNCC(=O)OCC(C)(C)COCC(C)(C)COC. The number of anilines is 2. The summed E-state index contributed by atoms with van der Waals surface area (Å²) in [6, 6.07) is 16.4. The standard InChI is InChI=1S/C42H58N4O6/c1-10-44-34-21-36-32(19-28(34)3)42(33-20-29(4)35(45-11-2)22-37(33)52-36)31-16-13-12-15-30(31)39(48)46(42)18-14-17-43-23-38(47)51-27-41(7,8)26-50-25-40(5,6)24-49-9/h12-13,15-16,19-22,43-45H,10-11,14,17-18,23-27H2,1-9H3. The normalized spacial score (nSPS) is 14.5. The number of hydrogen-bond acceptors (Lipinski definition) is 9. The minimum atomic E-state index is -0.896. The van der Waals surface area contributed by atoms with E-state index in [1.54, 1.807) is 7.11 Å². The number of amides is 1. The number of fused-ring (bicyclic) bond motifs is 6. The third kappa shape index (κ3) is 8.09. The molecule has 2 aliphatic rings. The first-order valence-electron chi connectivity index (χ1n) is 18.6. The van der Waals surface area contributed by atoms with Gasteiger partial charge in [0.1, 0.15) is 17.0 Å². The van der Waals surface area contributed by atoms with Gasteiger partial charge in [0.15, 0.2) is 0 Å². The summed E-state index contributed by atoms with van der Waals surface area (Å²) < 4.78 is 23.6. The molecule has 0 unspecified atom stereocenters. The first kappa shape index (κ1) is 39.1. The maximum absolute atomic E-state index is 14.5. The fraction of sp³-hybridized carbons (Fsp3) is 0.524. The van der Waals surface area contributed by atoms with Crippen LogP contribution in [0, 0.1) is 24.7 Å². The number of methoxy groups -OCH3 is 1. The molecule has 0 atom stereocenters. The lowest BCUT2D eigenvalue weighted by Crippen LogP contribution is -2.48. The van der Waals surface area contributed by atoms with Gasteiger partial charge in [-0.2, -0.15) is 0 Å². The van der Waals surface area contributed by atoms with Crippen LogP contribution in [-0.2, 0) is 24.5 Å². The predicted octanol–water partition coefficient (Wildman–Crippen LogP) is 7.26. The van der Waals surface area contributed by atoms with E-state index in [9.17, 15) is 9.59 Å². The lowest BCUT2D eigenvalue weighted by molar-refractivity contribution is -0.147. The van der Waals surface area contributed by atoms with Crippen molar-refractivity contribution in [1.82, 2.24) is 10.2 Å². The van der Waals surface area contributed by atoms with Gasteiger partial charge in [0.2, 0.25) is 0 Å². The maximum atomic E-state index is 14.5. The molecule has 2 aliphatic heterocycles. The Morgan fingerprint density at radius 2 is 1.40 bits per heavy atom. The number of benzene rings is 3. The van der Waals surface area contributed by atoms with Gasteiger partial charge in [0.25, 0.3) is 5.91 Å². The zero-order valence-corrected chi connectivity index (χ0v) is 32.6. The van der Waals surface area contributed by atoms with E-state index < -0.39 is 5.54 Å². The van der Waals surface area contributed by atoms with Crippen molar-refractivity contribution in [2.45, 2.75) is 67.3 Å². The number of hydrogen-bond donors (Lipinski definition) is 3. The van der Waals surface area contributed by atoms with Gasteiger partial charge in [-0.25, -0.2) is 0 Å². The summed E-state index contributed by atoms with van der Waals surface area (Å²) in [6.07, 6.45) is 0.625. The van der Waals surface area contributed by atoms with E-state index in [0.717, 1.165) is 63.8 Å². The van der Waals surface area contributed by atoms with Gasteiger partial charge in [-0.15, -0.1) is 0 Å². The summed E-state index contributed by atoms with van der Waals surface area (Å²) in [4.78, 5) is 29.2. The zero-order valence-electron chi connectivity index (χ0n) is 32.6. The highest BCUT2D eigenvalue weighted by Gasteiger charge is 2.56. The summed E-state index contributed by atoms with van der Waals surface area (Å²) in [6.45, 7) is 21.1. The van der Waals surface area contributed by atoms with E-state index in [2.05, 4.69) is 87.8 Å². The van der Waals surface area contributed by atoms with Crippen molar-refractivity contribution in [3.8, 4) is 11.5 Å². The first-order valence-corrected chi connectivity index (χ1v) is 18.6. The van der Waals surface area contributed by atoms with Gasteiger partial charge in [-0.05, 0) is 75.5 Å². The van der Waals surface area contributed by atoms with Crippen molar-refractivity contribution in [2.24, 2.45) is 10.8 Å². The Morgan fingerprint density at radius 1 is 0.827 bits per heavy atom. The monoisotopic (exact) mass is 714 g/mol. The van der Waals surface area contributed by atoms with E-state index in [4.69, 9.17) is 18.9 Å². The number of carbonyl (C=O) groups excluding carboxylic acids is 2. The molecule has 0 fully saturated rings. The highest BCUT2D eigenvalue weighted by molar-refractivity contribution is 6.02. The van der Waals surface area contributed by atoms with Crippen molar-refractivity contribution in [3.05, 3.63) is 81.9 Å². The Morgan fingerprint density at radius 3 is 1.98 bits per heavy atom. The number of aryl methyl sites for hydroxylation is 2. The van der Waals surface area contributed by atoms with E-state index in [1.807, 2.05) is 36.9 Å². The Labute approximate surface area is 309 Å². The van der Waals surface area contributed by atoms with Gasteiger partial charge in [-0.3, -0.25) is 9.59 Å². The summed E-state index contributed by atoms with van der Waals surface area (Å²) in [5, 5.41) is 10.2. The number of esters is 1. The van der Waals surface area contributed by atoms with Crippen molar-refractivity contribution in [3.63, 3.8) is 0 Å². The average molecular weight is 715 g/mol. The van der Waals surface area contributed by atoms with E-state index >= 15 is 0 Å². The van der Waals surface area contributed by atoms with Crippen LogP contribution in [0.5, 0.6) is 11.5 Å². The van der Waals surface area contributed by atoms with E-state index in [-0.39, 0.29) is 35.9 Å². The topological polar surface area (TPSA) is 110 Å². The molecule has 10 nitrogen and oxygen atoms in total. The Balaban J connectivity index is 1.34. The molecule has 0 radical (unpaired) electrons. The van der Waals surface area contributed by atoms with Crippen LogP contribution in [0.1, 0.15) is 86.1 Å². The molecule has 52 heavy (non-hydrogen) atoms. The van der Waals surface area contributed by atoms with Gasteiger partial charge in [0.05, 0.1) is 33.0 Å². The second kappa shape index (κ2) is 16.3. The Kier molecular flexibility index (Phi) is 12.2. The van der Waals surface area contributed by atoms with Crippen LogP contribution in [0.15, 0.2) is 48.5 Å². The minimum Gasteiger partial charge on any atom is -0.464 e. The van der Waals surface area contributed by atoms with Crippen LogP contribution in [-0.4, -0.2) is 83.0 Å². The summed E-state index contributed by atoms with van der Waals surface area (Å²) in [5.74, 6) is 1.11. The van der Waals surface area contributed by atoms with Crippen LogP contribution in [0.25, 0.3) is 0 Å². The van der Waals surface area contributed by atoms with Crippen molar-refractivity contribution >= 4 is 23.3 Å². The number of ether oxygens (including phenoxy) is 4. The molecular formula is C42H58N4O6. The van der Waals surface area contributed by atoms with Gasteiger partial charge in [-0.1, -0.05) is 45.9 Å². The van der Waals surface area contributed by atoms with Crippen LogP contribution >= 0.6 is 0 Å². The van der Waals surface area contributed by atoms with E-state index in [0.29, 0.717) is 44.9 Å². The highest BCUT2D eigenvalue weighted by atomic mass is 16.5. The lowest BCUT2D eigenvalue weighted by atomic mass is 9.73. The molecule has 3 aromatic carbocycles. The van der Waals surface area contributed by atoms with Crippen molar-refractivity contribution in [1.29, 1.82) is 0 Å². The molecule has 5 rings (SSSR count). The minimum absolute atomic E-state index is 0.0225. The van der Waals surface area contributed by atoms with Gasteiger partial charge < -0.3 is 39.8 Å². The summed E-state index contributed by atoms with van der Waals surface area (Å²) >= 11 is 0. The van der Waals surface area contributed by atoms with Crippen LogP contribution in [0.3, 0.4) is 0 Å². The first-order chi connectivity index (χ1) is 24.8. The van der Waals surface area contributed by atoms with Crippen molar-refractivity contribution in [2.75, 3.05) is 76.9 Å². The molecule has 3 aromatic rings. The number of nitrogens with zero attached hydrogens (tertiary/aromatic N) is 1. The fourth-order valence-electron chi connectivity index (χ4n) is 7.37. The fourth-order valence-corrected chi connectivity index (χ4v) is 7.37. The third-order valence-corrected chi connectivity index (χ3v) is 9.73. The molecule has 1 spiro atoms. The van der Waals surface area contributed by atoms with E-state index in [1.165, 1.54) is 0 Å². The average Bonchev–Trinajstić information content (AvgIpc) is 3.33. The summed E-state index contributed by atoms with van der Waals surface area (Å²) in [7, 11) is 1.69. The molecule has 0 saturated heterocycles. The van der Waals surface area contributed by atoms with Crippen LogP contribution in [0.2, 0.25) is 0 Å². The highest BCUT2D eigenvalue weighted by Crippen LogP contribution is 2.58. The summed E-state index contributed by atoms with van der Waals surface area (Å²) in [5.41, 5.74) is 6.37. The van der Waals surface area contributed by atoms with Crippen LogP contribution in [0.4, 0.5) is 11.4 Å². The number of nitrogens with one attached hydrogen (secondary N) is 3. The molecular weight excluding hydrogens is 656 g/mol.